The molecular weight excluding hydrogens is 314 g/mol. The van der Waals surface area contributed by atoms with Gasteiger partial charge in [-0.25, -0.2) is 0 Å². The number of aromatic nitrogens is 2. The topological polar surface area (TPSA) is 39.1 Å². The second-order valence-corrected chi connectivity index (χ2v) is 5.65. The first-order valence-corrected chi connectivity index (χ1v) is 7.38. The van der Waals surface area contributed by atoms with Crippen LogP contribution in [0.2, 0.25) is 0 Å². The maximum atomic E-state index is 5.42. The minimum atomic E-state index is 0.0897. The van der Waals surface area contributed by atoms with Crippen LogP contribution in [0.3, 0.4) is 0 Å². The molecule has 0 radical (unpaired) electrons. The van der Waals surface area contributed by atoms with Gasteiger partial charge in [0, 0.05) is 7.05 Å². The molecule has 0 saturated heterocycles. The Balaban J connectivity index is 2.46. The van der Waals surface area contributed by atoms with E-state index in [1.54, 1.807) is 18.4 Å². The van der Waals surface area contributed by atoms with Crippen LogP contribution in [-0.2, 0) is 7.05 Å². The molecule has 0 fully saturated rings. The van der Waals surface area contributed by atoms with Crippen LogP contribution in [0.15, 0.2) is 22.1 Å². The minimum absolute atomic E-state index is 0.0897. The van der Waals surface area contributed by atoms with E-state index in [0.29, 0.717) is 0 Å². The number of aryl methyl sites for hydroxylation is 1. The number of hydrogen-bond donors (Lipinski definition) is 1. The van der Waals surface area contributed by atoms with Crippen molar-refractivity contribution in [3.63, 3.8) is 0 Å². The summed E-state index contributed by atoms with van der Waals surface area (Å²) < 4.78 is 8.31. The first-order valence-electron chi connectivity index (χ1n) is 5.71. The highest BCUT2D eigenvalue weighted by Crippen LogP contribution is 2.36. The lowest BCUT2D eigenvalue weighted by atomic mass is 10.1. The van der Waals surface area contributed by atoms with E-state index in [1.165, 1.54) is 4.88 Å². The summed E-state index contributed by atoms with van der Waals surface area (Å²) in [4.78, 5) is 1.17. The molecule has 1 atom stereocenters. The van der Waals surface area contributed by atoms with Gasteiger partial charge < -0.3 is 10.1 Å². The molecule has 0 aliphatic rings. The summed E-state index contributed by atoms with van der Waals surface area (Å²) >= 11 is 5.25. The molecule has 6 heteroatoms. The van der Waals surface area contributed by atoms with Crippen molar-refractivity contribution in [1.82, 2.24) is 15.1 Å². The Labute approximate surface area is 119 Å². The molecule has 0 saturated carbocycles. The van der Waals surface area contributed by atoms with Gasteiger partial charge in [-0.2, -0.15) is 5.10 Å². The molecular formula is C12H16BrN3OS. The fourth-order valence-electron chi connectivity index (χ4n) is 1.95. The van der Waals surface area contributed by atoms with E-state index in [4.69, 9.17) is 4.74 Å². The molecule has 2 heterocycles. The lowest BCUT2D eigenvalue weighted by Crippen LogP contribution is -2.24. The Bertz CT molecular complexity index is 504. The molecule has 0 bridgehead atoms. The average molecular weight is 330 g/mol. The third-order valence-electron chi connectivity index (χ3n) is 2.76. The first kappa shape index (κ1) is 13.6. The maximum Gasteiger partial charge on any atom is 0.134 e. The summed E-state index contributed by atoms with van der Waals surface area (Å²) in [6, 6.07) is 2.08. The molecule has 1 unspecified atom stereocenters. The van der Waals surface area contributed by atoms with Crippen LogP contribution in [-0.4, -0.2) is 23.4 Å². The predicted molar refractivity (Wildman–Crippen MR) is 77.3 cm³/mol. The predicted octanol–water partition coefficient (Wildman–Crippen LogP) is 2.95. The normalized spacial score (nSPS) is 12.7. The fraction of sp³-hybridized carbons (Fsp3) is 0.417. The average Bonchev–Trinajstić information content (AvgIpc) is 2.94. The number of nitrogens with one attached hydrogen (secondary N) is 1. The van der Waals surface area contributed by atoms with Gasteiger partial charge in [-0.1, -0.05) is 6.92 Å². The highest BCUT2D eigenvalue weighted by atomic mass is 79.9. The zero-order chi connectivity index (χ0) is 13.1. The van der Waals surface area contributed by atoms with Gasteiger partial charge in [-0.3, -0.25) is 4.68 Å². The summed E-state index contributed by atoms with van der Waals surface area (Å²) in [5.41, 5.74) is 1.11. The molecule has 18 heavy (non-hydrogen) atoms. The summed E-state index contributed by atoms with van der Waals surface area (Å²) in [6.07, 6.45) is 1.82. The van der Waals surface area contributed by atoms with Crippen LogP contribution in [0.5, 0.6) is 5.75 Å². The third kappa shape index (κ3) is 2.46. The van der Waals surface area contributed by atoms with Gasteiger partial charge in [0.25, 0.3) is 0 Å². The smallest absolute Gasteiger partial charge is 0.134 e. The molecule has 2 aromatic heterocycles. The van der Waals surface area contributed by atoms with Crippen molar-refractivity contribution < 1.29 is 4.74 Å². The van der Waals surface area contributed by atoms with E-state index >= 15 is 0 Å². The van der Waals surface area contributed by atoms with E-state index in [9.17, 15) is 0 Å². The summed E-state index contributed by atoms with van der Waals surface area (Å²) in [6.45, 7) is 2.97. The van der Waals surface area contributed by atoms with Crippen molar-refractivity contribution in [2.75, 3.05) is 13.7 Å². The molecule has 0 aliphatic carbocycles. The Morgan fingerprint density at radius 1 is 1.61 bits per heavy atom. The van der Waals surface area contributed by atoms with E-state index in [2.05, 4.69) is 33.3 Å². The number of hydrogen-bond acceptors (Lipinski definition) is 4. The Hall–Kier alpha value is -0.850. The van der Waals surface area contributed by atoms with Crippen molar-refractivity contribution in [1.29, 1.82) is 0 Å². The van der Waals surface area contributed by atoms with Crippen molar-refractivity contribution >= 4 is 27.3 Å². The van der Waals surface area contributed by atoms with Crippen molar-refractivity contribution in [3.8, 4) is 5.75 Å². The molecule has 2 aromatic rings. The highest BCUT2D eigenvalue weighted by molar-refractivity contribution is 9.10. The van der Waals surface area contributed by atoms with Gasteiger partial charge in [0.2, 0.25) is 0 Å². The monoisotopic (exact) mass is 329 g/mol. The maximum absolute atomic E-state index is 5.42. The third-order valence-corrected chi connectivity index (χ3v) is 4.33. The molecule has 4 nitrogen and oxygen atoms in total. The van der Waals surface area contributed by atoms with Crippen LogP contribution in [0, 0.1) is 0 Å². The SMILES string of the molecule is CCNC(c1sccc1OC)c1c(Br)cnn1C. The Kier molecular flexibility index (Phi) is 4.42. The van der Waals surface area contributed by atoms with Crippen LogP contribution in [0.4, 0.5) is 0 Å². The summed E-state index contributed by atoms with van der Waals surface area (Å²) in [7, 11) is 3.65. The number of ether oxygens (including phenoxy) is 1. The van der Waals surface area contributed by atoms with E-state index < -0.39 is 0 Å². The van der Waals surface area contributed by atoms with Gasteiger partial charge in [-0.15, -0.1) is 11.3 Å². The number of thiophene rings is 1. The molecule has 0 spiro atoms. The quantitative estimate of drug-likeness (QED) is 0.916. The van der Waals surface area contributed by atoms with Crippen molar-refractivity contribution in [3.05, 3.63) is 32.7 Å². The second-order valence-electron chi connectivity index (χ2n) is 3.85. The molecule has 0 aromatic carbocycles. The first-order chi connectivity index (χ1) is 8.69. The van der Waals surface area contributed by atoms with E-state index in [-0.39, 0.29) is 6.04 Å². The van der Waals surface area contributed by atoms with Crippen LogP contribution in [0.25, 0.3) is 0 Å². The van der Waals surface area contributed by atoms with Crippen molar-refractivity contribution in [2.24, 2.45) is 7.05 Å². The number of methoxy groups -OCH3 is 1. The summed E-state index contributed by atoms with van der Waals surface area (Å²) in [5, 5.41) is 9.81. The number of halogens is 1. The lowest BCUT2D eigenvalue weighted by molar-refractivity contribution is 0.406. The zero-order valence-electron chi connectivity index (χ0n) is 10.6. The Morgan fingerprint density at radius 3 is 2.94 bits per heavy atom. The molecule has 98 valence electrons. The largest absolute Gasteiger partial charge is 0.496 e. The Morgan fingerprint density at radius 2 is 2.39 bits per heavy atom. The van der Waals surface area contributed by atoms with Crippen LogP contribution < -0.4 is 10.1 Å². The van der Waals surface area contributed by atoms with Crippen LogP contribution in [0.1, 0.15) is 23.5 Å². The van der Waals surface area contributed by atoms with Gasteiger partial charge in [0.1, 0.15) is 5.75 Å². The van der Waals surface area contributed by atoms with Crippen molar-refractivity contribution in [2.45, 2.75) is 13.0 Å². The van der Waals surface area contributed by atoms with Gasteiger partial charge in [0.15, 0.2) is 0 Å². The second kappa shape index (κ2) is 5.86. The molecule has 0 aliphatic heterocycles. The summed E-state index contributed by atoms with van der Waals surface area (Å²) in [5.74, 6) is 0.916. The van der Waals surface area contributed by atoms with Gasteiger partial charge in [0.05, 0.1) is 34.4 Å². The van der Waals surface area contributed by atoms with Gasteiger partial charge >= 0.3 is 0 Å². The van der Waals surface area contributed by atoms with E-state index in [0.717, 1.165) is 22.5 Å². The minimum Gasteiger partial charge on any atom is -0.496 e. The van der Waals surface area contributed by atoms with Gasteiger partial charge in [-0.05, 0) is 33.9 Å². The molecule has 0 amide bonds. The standard InChI is InChI=1S/C12H16BrN3OS/c1-4-14-10(11-8(13)7-15-16(11)2)12-9(17-3)5-6-18-12/h5-7,10,14H,4H2,1-3H3. The van der Waals surface area contributed by atoms with E-state index in [1.807, 2.05) is 29.4 Å². The molecule has 1 N–H and O–H groups in total. The number of rotatable bonds is 5. The highest BCUT2D eigenvalue weighted by Gasteiger charge is 2.24. The van der Waals surface area contributed by atoms with Crippen LogP contribution >= 0.6 is 27.3 Å². The lowest BCUT2D eigenvalue weighted by Gasteiger charge is -2.19. The number of nitrogens with zero attached hydrogens (tertiary/aromatic N) is 2. The fourth-order valence-corrected chi connectivity index (χ4v) is 3.46. The molecule has 2 rings (SSSR count). The zero-order valence-corrected chi connectivity index (χ0v) is 13.0.